The molecule has 0 radical (unpaired) electrons. The topological polar surface area (TPSA) is 21.3 Å². The van der Waals surface area contributed by atoms with Crippen molar-refractivity contribution < 1.29 is 9.13 Å². The minimum atomic E-state index is -0.206. The van der Waals surface area contributed by atoms with E-state index in [0.717, 1.165) is 6.54 Å². The van der Waals surface area contributed by atoms with Crippen molar-refractivity contribution in [2.24, 2.45) is 0 Å². The van der Waals surface area contributed by atoms with Gasteiger partial charge in [0.2, 0.25) is 0 Å². The Morgan fingerprint density at radius 1 is 1.26 bits per heavy atom. The average Bonchev–Trinajstić information content (AvgIpc) is 2.94. The van der Waals surface area contributed by atoms with Gasteiger partial charge in [0.1, 0.15) is 5.82 Å². The zero-order chi connectivity index (χ0) is 13.5. The third-order valence-electron chi connectivity index (χ3n) is 2.88. The van der Waals surface area contributed by atoms with Crippen LogP contribution in [-0.4, -0.2) is 13.2 Å². The minimum Gasteiger partial charge on any atom is -0.375 e. The molecule has 0 aliphatic heterocycles. The standard InChI is InChI=1S/C15H18FNOS/c1-12(15-7-4-10-19-15)17-8-9-18-11-13-5-2-3-6-14(13)16/h2-7,10,12,17H,8-9,11H2,1H3. The number of hydrogen-bond acceptors (Lipinski definition) is 3. The van der Waals surface area contributed by atoms with Crippen molar-refractivity contribution in [3.05, 3.63) is 58.0 Å². The molecule has 0 aliphatic carbocycles. The van der Waals surface area contributed by atoms with Gasteiger partial charge in [0.15, 0.2) is 0 Å². The minimum absolute atomic E-state index is 0.206. The molecule has 0 spiro atoms. The predicted molar refractivity (Wildman–Crippen MR) is 76.8 cm³/mol. The fourth-order valence-corrected chi connectivity index (χ4v) is 2.54. The fraction of sp³-hybridized carbons (Fsp3) is 0.333. The molecule has 19 heavy (non-hydrogen) atoms. The summed E-state index contributed by atoms with van der Waals surface area (Å²) < 4.78 is 18.8. The first-order chi connectivity index (χ1) is 9.27. The molecule has 1 unspecified atom stereocenters. The van der Waals surface area contributed by atoms with Crippen LogP contribution < -0.4 is 5.32 Å². The van der Waals surface area contributed by atoms with Crippen LogP contribution in [0.5, 0.6) is 0 Å². The lowest BCUT2D eigenvalue weighted by atomic mass is 10.2. The second-order valence-corrected chi connectivity index (χ2v) is 5.31. The van der Waals surface area contributed by atoms with Gasteiger partial charge in [-0.1, -0.05) is 24.3 Å². The molecule has 0 amide bonds. The lowest BCUT2D eigenvalue weighted by molar-refractivity contribution is 0.119. The van der Waals surface area contributed by atoms with Gasteiger partial charge in [0, 0.05) is 23.0 Å². The fourth-order valence-electron chi connectivity index (χ4n) is 1.78. The maximum Gasteiger partial charge on any atom is 0.128 e. The summed E-state index contributed by atoms with van der Waals surface area (Å²) in [6.45, 7) is 3.78. The first-order valence-electron chi connectivity index (χ1n) is 6.35. The SMILES string of the molecule is CC(NCCOCc1ccccc1F)c1cccs1. The van der Waals surface area contributed by atoms with Crippen molar-refractivity contribution in [3.8, 4) is 0 Å². The summed E-state index contributed by atoms with van der Waals surface area (Å²) in [5.41, 5.74) is 0.605. The first-order valence-corrected chi connectivity index (χ1v) is 7.23. The normalized spacial score (nSPS) is 12.5. The van der Waals surface area contributed by atoms with E-state index in [2.05, 4.69) is 23.7 Å². The monoisotopic (exact) mass is 279 g/mol. The molecule has 1 atom stereocenters. The third-order valence-corrected chi connectivity index (χ3v) is 3.94. The molecule has 0 fully saturated rings. The van der Waals surface area contributed by atoms with E-state index in [1.54, 1.807) is 23.5 Å². The summed E-state index contributed by atoms with van der Waals surface area (Å²) in [6, 6.07) is 11.2. The number of benzene rings is 1. The highest BCUT2D eigenvalue weighted by atomic mass is 32.1. The van der Waals surface area contributed by atoms with Crippen LogP contribution in [0.4, 0.5) is 4.39 Å². The molecular formula is C15H18FNOS. The van der Waals surface area contributed by atoms with Gasteiger partial charge in [-0.05, 0) is 24.4 Å². The van der Waals surface area contributed by atoms with Gasteiger partial charge in [0.05, 0.1) is 13.2 Å². The van der Waals surface area contributed by atoms with Gasteiger partial charge in [-0.25, -0.2) is 4.39 Å². The van der Waals surface area contributed by atoms with Gasteiger partial charge in [0.25, 0.3) is 0 Å². The van der Waals surface area contributed by atoms with Crippen LogP contribution in [-0.2, 0) is 11.3 Å². The molecule has 1 aromatic heterocycles. The Morgan fingerprint density at radius 3 is 2.84 bits per heavy atom. The van der Waals surface area contributed by atoms with E-state index in [1.807, 2.05) is 12.1 Å². The van der Waals surface area contributed by atoms with Crippen LogP contribution in [0.15, 0.2) is 41.8 Å². The Hall–Kier alpha value is -1.23. The number of hydrogen-bond donors (Lipinski definition) is 1. The zero-order valence-corrected chi connectivity index (χ0v) is 11.8. The number of halogens is 1. The summed E-state index contributed by atoms with van der Waals surface area (Å²) in [7, 11) is 0. The van der Waals surface area contributed by atoms with Crippen molar-refractivity contribution in [2.75, 3.05) is 13.2 Å². The molecule has 1 N–H and O–H groups in total. The number of thiophene rings is 1. The van der Waals surface area contributed by atoms with E-state index in [-0.39, 0.29) is 5.82 Å². The van der Waals surface area contributed by atoms with Crippen LogP contribution in [0.3, 0.4) is 0 Å². The maximum absolute atomic E-state index is 13.3. The molecule has 1 aromatic carbocycles. The maximum atomic E-state index is 13.3. The lowest BCUT2D eigenvalue weighted by Crippen LogP contribution is -2.22. The van der Waals surface area contributed by atoms with Crippen molar-refractivity contribution in [2.45, 2.75) is 19.6 Å². The van der Waals surface area contributed by atoms with E-state index in [4.69, 9.17) is 4.74 Å². The van der Waals surface area contributed by atoms with E-state index in [9.17, 15) is 4.39 Å². The molecule has 0 saturated carbocycles. The average molecular weight is 279 g/mol. The smallest absolute Gasteiger partial charge is 0.128 e. The second-order valence-electron chi connectivity index (χ2n) is 4.34. The largest absolute Gasteiger partial charge is 0.375 e. The second kappa shape index (κ2) is 7.38. The third kappa shape index (κ3) is 4.42. The Labute approximate surface area is 117 Å². The molecule has 2 aromatic rings. The zero-order valence-electron chi connectivity index (χ0n) is 10.9. The van der Waals surface area contributed by atoms with E-state index in [1.165, 1.54) is 10.9 Å². The van der Waals surface area contributed by atoms with Crippen LogP contribution in [0.2, 0.25) is 0 Å². The lowest BCUT2D eigenvalue weighted by Gasteiger charge is -2.12. The molecule has 2 nitrogen and oxygen atoms in total. The van der Waals surface area contributed by atoms with E-state index in [0.29, 0.717) is 24.8 Å². The highest BCUT2D eigenvalue weighted by Gasteiger charge is 2.05. The van der Waals surface area contributed by atoms with Gasteiger partial charge < -0.3 is 10.1 Å². The Balaban J connectivity index is 1.64. The Bertz CT molecular complexity index is 487. The summed E-state index contributed by atoms with van der Waals surface area (Å²) in [5.74, 6) is -0.206. The highest BCUT2D eigenvalue weighted by Crippen LogP contribution is 2.17. The van der Waals surface area contributed by atoms with Crippen molar-refractivity contribution >= 4 is 11.3 Å². The molecule has 0 aliphatic rings. The number of ether oxygens (including phenoxy) is 1. The Morgan fingerprint density at radius 2 is 2.11 bits per heavy atom. The van der Waals surface area contributed by atoms with Gasteiger partial charge in [-0.3, -0.25) is 0 Å². The quantitative estimate of drug-likeness (QED) is 0.779. The van der Waals surface area contributed by atoms with Gasteiger partial charge in [-0.15, -0.1) is 11.3 Å². The van der Waals surface area contributed by atoms with E-state index < -0.39 is 0 Å². The molecular weight excluding hydrogens is 261 g/mol. The molecule has 4 heteroatoms. The molecule has 102 valence electrons. The summed E-state index contributed by atoms with van der Waals surface area (Å²) in [4.78, 5) is 1.31. The number of nitrogens with one attached hydrogen (secondary N) is 1. The van der Waals surface area contributed by atoms with E-state index >= 15 is 0 Å². The predicted octanol–water partition coefficient (Wildman–Crippen LogP) is 3.75. The summed E-state index contributed by atoms with van der Waals surface area (Å²) in [5, 5.41) is 5.45. The van der Waals surface area contributed by atoms with Crippen LogP contribution in [0, 0.1) is 5.82 Å². The molecule has 2 rings (SSSR count). The van der Waals surface area contributed by atoms with Crippen molar-refractivity contribution in [1.82, 2.24) is 5.32 Å². The molecule has 1 heterocycles. The van der Waals surface area contributed by atoms with Crippen molar-refractivity contribution in [1.29, 1.82) is 0 Å². The highest BCUT2D eigenvalue weighted by molar-refractivity contribution is 7.10. The summed E-state index contributed by atoms with van der Waals surface area (Å²) >= 11 is 1.74. The molecule has 0 saturated heterocycles. The van der Waals surface area contributed by atoms with Crippen LogP contribution in [0.25, 0.3) is 0 Å². The Kier molecular flexibility index (Phi) is 5.51. The van der Waals surface area contributed by atoms with Crippen molar-refractivity contribution in [3.63, 3.8) is 0 Å². The van der Waals surface area contributed by atoms with Crippen LogP contribution >= 0.6 is 11.3 Å². The van der Waals surface area contributed by atoms with Gasteiger partial charge in [-0.2, -0.15) is 0 Å². The first kappa shape index (κ1) is 14.2. The van der Waals surface area contributed by atoms with Gasteiger partial charge >= 0.3 is 0 Å². The number of rotatable bonds is 7. The molecule has 0 bridgehead atoms. The summed E-state index contributed by atoms with van der Waals surface area (Å²) in [6.07, 6.45) is 0. The van der Waals surface area contributed by atoms with Crippen LogP contribution in [0.1, 0.15) is 23.4 Å².